The number of sulfonamides is 1. The number of anilines is 1. The molecule has 1 fully saturated rings. The number of hydrogen-bond acceptors (Lipinski definition) is 3. The van der Waals surface area contributed by atoms with Gasteiger partial charge in [-0.25, -0.2) is 12.8 Å². The summed E-state index contributed by atoms with van der Waals surface area (Å²) in [5.41, 5.74) is 1.88. The van der Waals surface area contributed by atoms with E-state index >= 15 is 0 Å². The SMILES string of the molecule is Cc1ccc(S(=O)(=O)N(c2ccc(C)c(F)c2)C2CCNCC2)cc1. The average Bonchev–Trinajstić information content (AvgIpc) is 2.59. The molecule has 0 atom stereocenters. The van der Waals surface area contributed by atoms with E-state index in [-0.39, 0.29) is 10.9 Å². The van der Waals surface area contributed by atoms with Crippen molar-refractivity contribution >= 4 is 15.7 Å². The highest BCUT2D eigenvalue weighted by Gasteiger charge is 2.33. The molecule has 0 radical (unpaired) electrons. The first kappa shape index (κ1) is 17.9. The Kier molecular flexibility index (Phi) is 5.11. The number of nitrogens with zero attached hydrogens (tertiary/aromatic N) is 1. The second kappa shape index (κ2) is 7.14. The molecule has 2 aromatic carbocycles. The quantitative estimate of drug-likeness (QED) is 0.907. The molecule has 0 bridgehead atoms. The molecule has 1 aliphatic rings. The molecule has 134 valence electrons. The van der Waals surface area contributed by atoms with E-state index in [0.717, 1.165) is 18.7 Å². The van der Waals surface area contributed by atoms with Crippen molar-refractivity contribution in [2.24, 2.45) is 0 Å². The summed E-state index contributed by atoms with van der Waals surface area (Å²) in [6.45, 7) is 5.08. The van der Waals surface area contributed by atoms with E-state index in [1.165, 1.54) is 10.4 Å². The fourth-order valence-corrected chi connectivity index (χ4v) is 4.83. The van der Waals surface area contributed by atoms with E-state index in [2.05, 4.69) is 5.32 Å². The second-order valence-corrected chi connectivity index (χ2v) is 8.34. The molecule has 6 heteroatoms. The monoisotopic (exact) mass is 362 g/mol. The van der Waals surface area contributed by atoms with Crippen molar-refractivity contribution in [2.75, 3.05) is 17.4 Å². The highest BCUT2D eigenvalue weighted by atomic mass is 32.2. The van der Waals surface area contributed by atoms with Crippen LogP contribution in [0.5, 0.6) is 0 Å². The molecule has 0 aliphatic carbocycles. The van der Waals surface area contributed by atoms with Crippen LogP contribution in [0.1, 0.15) is 24.0 Å². The number of piperidine rings is 1. The molecule has 1 saturated heterocycles. The Labute approximate surface area is 148 Å². The predicted octanol–water partition coefficient (Wildman–Crippen LogP) is 3.39. The lowest BCUT2D eigenvalue weighted by Gasteiger charge is -2.35. The fraction of sp³-hybridized carbons (Fsp3) is 0.368. The first-order valence-electron chi connectivity index (χ1n) is 8.47. The van der Waals surface area contributed by atoms with Gasteiger partial charge in [0.1, 0.15) is 5.82 Å². The molecule has 1 N–H and O–H groups in total. The van der Waals surface area contributed by atoms with Crippen molar-refractivity contribution in [3.05, 3.63) is 59.4 Å². The van der Waals surface area contributed by atoms with Crippen LogP contribution in [0.15, 0.2) is 47.4 Å². The van der Waals surface area contributed by atoms with Crippen LogP contribution in [0.3, 0.4) is 0 Å². The summed E-state index contributed by atoms with van der Waals surface area (Å²) in [6, 6.07) is 11.2. The summed E-state index contributed by atoms with van der Waals surface area (Å²) in [5, 5.41) is 3.24. The third kappa shape index (κ3) is 3.70. The number of nitrogens with one attached hydrogen (secondary N) is 1. The normalized spacial score (nSPS) is 16.0. The first-order chi connectivity index (χ1) is 11.9. The molecule has 0 amide bonds. The number of hydrogen-bond donors (Lipinski definition) is 1. The van der Waals surface area contributed by atoms with Gasteiger partial charge >= 0.3 is 0 Å². The number of halogens is 1. The zero-order valence-electron chi connectivity index (χ0n) is 14.5. The van der Waals surface area contributed by atoms with E-state index in [0.29, 0.717) is 24.1 Å². The molecule has 2 aromatic rings. The maximum Gasteiger partial charge on any atom is 0.264 e. The number of benzene rings is 2. The van der Waals surface area contributed by atoms with Crippen LogP contribution in [-0.2, 0) is 10.0 Å². The van der Waals surface area contributed by atoms with Crippen LogP contribution in [0.2, 0.25) is 0 Å². The van der Waals surface area contributed by atoms with Gasteiger partial charge in [-0.1, -0.05) is 23.8 Å². The predicted molar refractivity (Wildman–Crippen MR) is 97.9 cm³/mol. The molecule has 0 aromatic heterocycles. The largest absolute Gasteiger partial charge is 0.317 e. The summed E-state index contributed by atoms with van der Waals surface area (Å²) in [6.07, 6.45) is 1.39. The molecular weight excluding hydrogens is 339 g/mol. The second-order valence-electron chi connectivity index (χ2n) is 6.53. The third-order valence-electron chi connectivity index (χ3n) is 4.63. The molecule has 25 heavy (non-hydrogen) atoms. The van der Waals surface area contributed by atoms with Crippen molar-refractivity contribution < 1.29 is 12.8 Å². The summed E-state index contributed by atoms with van der Waals surface area (Å²) < 4.78 is 42.2. The van der Waals surface area contributed by atoms with Crippen molar-refractivity contribution in [1.82, 2.24) is 5.32 Å². The first-order valence-corrected chi connectivity index (χ1v) is 9.91. The molecule has 4 nitrogen and oxygen atoms in total. The summed E-state index contributed by atoms with van der Waals surface area (Å²) in [5.74, 6) is -0.393. The van der Waals surface area contributed by atoms with Crippen LogP contribution in [0, 0.1) is 19.7 Å². The molecule has 0 spiro atoms. The van der Waals surface area contributed by atoms with Crippen LogP contribution < -0.4 is 9.62 Å². The zero-order valence-corrected chi connectivity index (χ0v) is 15.3. The van der Waals surface area contributed by atoms with E-state index in [1.807, 2.05) is 6.92 Å². The van der Waals surface area contributed by atoms with Gasteiger partial charge in [-0.2, -0.15) is 0 Å². The Balaban J connectivity index is 2.09. The van der Waals surface area contributed by atoms with Crippen molar-refractivity contribution in [3.8, 4) is 0 Å². The Hall–Kier alpha value is -1.92. The average molecular weight is 362 g/mol. The summed E-state index contributed by atoms with van der Waals surface area (Å²) in [4.78, 5) is 0.234. The van der Waals surface area contributed by atoms with Gasteiger partial charge in [0.2, 0.25) is 0 Å². The lowest BCUT2D eigenvalue weighted by Crippen LogP contribution is -2.46. The lowest BCUT2D eigenvalue weighted by molar-refractivity contribution is 0.453. The van der Waals surface area contributed by atoms with Gasteiger partial charge in [0.25, 0.3) is 10.0 Å². The molecule has 1 aliphatic heterocycles. The standard InChI is InChI=1S/C19H23FN2O2S/c1-14-3-7-18(8-4-14)25(23,24)22(16-9-11-21-12-10-16)17-6-5-15(2)19(20)13-17/h3-8,13,16,21H,9-12H2,1-2H3. The minimum Gasteiger partial charge on any atom is -0.317 e. The van der Waals surface area contributed by atoms with E-state index in [4.69, 9.17) is 0 Å². The van der Waals surface area contributed by atoms with Crippen LogP contribution in [0.25, 0.3) is 0 Å². The third-order valence-corrected chi connectivity index (χ3v) is 6.52. The van der Waals surface area contributed by atoms with Gasteiger partial charge in [-0.05, 0) is 69.6 Å². The maximum atomic E-state index is 14.1. The van der Waals surface area contributed by atoms with Gasteiger partial charge in [0.15, 0.2) is 0 Å². The Morgan fingerprint density at radius 2 is 1.68 bits per heavy atom. The van der Waals surface area contributed by atoms with Gasteiger partial charge in [-0.3, -0.25) is 4.31 Å². The Bertz CT molecular complexity index is 844. The molecule has 1 heterocycles. The lowest BCUT2D eigenvalue weighted by atomic mass is 10.1. The van der Waals surface area contributed by atoms with Gasteiger partial charge in [0, 0.05) is 6.04 Å². The summed E-state index contributed by atoms with van der Waals surface area (Å²) >= 11 is 0. The topological polar surface area (TPSA) is 49.4 Å². The molecule has 0 saturated carbocycles. The molecule has 3 rings (SSSR count). The molecule has 0 unspecified atom stereocenters. The highest BCUT2D eigenvalue weighted by molar-refractivity contribution is 7.92. The molecular formula is C19H23FN2O2S. The smallest absolute Gasteiger partial charge is 0.264 e. The van der Waals surface area contributed by atoms with Crippen molar-refractivity contribution in [2.45, 2.75) is 37.6 Å². The maximum absolute atomic E-state index is 14.1. The zero-order chi connectivity index (χ0) is 18.0. The van der Waals surface area contributed by atoms with Crippen molar-refractivity contribution in [1.29, 1.82) is 0 Å². The minimum atomic E-state index is -3.76. The van der Waals surface area contributed by atoms with E-state index < -0.39 is 15.8 Å². The fourth-order valence-electron chi connectivity index (χ4n) is 3.13. The van der Waals surface area contributed by atoms with Gasteiger partial charge in [-0.15, -0.1) is 0 Å². The van der Waals surface area contributed by atoms with Gasteiger partial charge < -0.3 is 5.32 Å². The highest BCUT2D eigenvalue weighted by Crippen LogP contribution is 2.30. The minimum absolute atomic E-state index is 0.186. The van der Waals surface area contributed by atoms with Crippen LogP contribution in [-0.4, -0.2) is 27.5 Å². The van der Waals surface area contributed by atoms with Crippen LogP contribution in [0.4, 0.5) is 10.1 Å². The number of aryl methyl sites for hydroxylation is 2. The van der Waals surface area contributed by atoms with Crippen LogP contribution >= 0.6 is 0 Å². The summed E-state index contributed by atoms with van der Waals surface area (Å²) in [7, 11) is -3.76. The number of rotatable bonds is 4. The van der Waals surface area contributed by atoms with E-state index in [9.17, 15) is 12.8 Å². The van der Waals surface area contributed by atoms with Gasteiger partial charge in [0.05, 0.1) is 10.6 Å². The van der Waals surface area contributed by atoms with E-state index in [1.54, 1.807) is 43.3 Å². The Morgan fingerprint density at radius 1 is 1.04 bits per heavy atom. The Morgan fingerprint density at radius 3 is 2.28 bits per heavy atom. The van der Waals surface area contributed by atoms with Crippen molar-refractivity contribution in [3.63, 3.8) is 0 Å².